The van der Waals surface area contributed by atoms with E-state index in [9.17, 15) is 9.59 Å². The average Bonchev–Trinajstić information content (AvgIpc) is 2.87. The average molecular weight is 272 g/mol. The van der Waals surface area contributed by atoms with Gasteiger partial charge in [-0.1, -0.05) is 19.8 Å². The first-order valence-corrected chi connectivity index (χ1v) is 6.92. The molecule has 0 aromatic rings. The predicted molar refractivity (Wildman–Crippen MR) is 71.0 cm³/mol. The SMILES string of the molecule is CCCCC(NC(=O)NC(C)C1CCOC1)C(=O)O. The number of aliphatic carboxylic acids is 1. The number of unbranched alkanes of at least 4 members (excludes halogenated alkanes) is 1. The molecule has 1 aliphatic heterocycles. The van der Waals surface area contributed by atoms with Crippen molar-refractivity contribution in [2.45, 2.75) is 51.6 Å². The number of rotatable bonds is 7. The number of carbonyl (C=O) groups excluding carboxylic acids is 1. The summed E-state index contributed by atoms with van der Waals surface area (Å²) >= 11 is 0. The van der Waals surface area contributed by atoms with Crippen LogP contribution in [0.15, 0.2) is 0 Å². The van der Waals surface area contributed by atoms with Gasteiger partial charge in [-0.3, -0.25) is 0 Å². The summed E-state index contributed by atoms with van der Waals surface area (Å²) in [5.41, 5.74) is 0. The molecule has 1 rings (SSSR count). The molecule has 3 atom stereocenters. The van der Waals surface area contributed by atoms with Crippen molar-refractivity contribution < 1.29 is 19.4 Å². The number of hydrogen-bond acceptors (Lipinski definition) is 3. The van der Waals surface area contributed by atoms with Crippen LogP contribution in [0.25, 0.3) is 0 Å². The summed E-state index contributed by atoms with van der Waals surface area (Å²) in [5.74, 6) is -0.676. The minimum Gasteiger partial charge on any atom is -0.480 e. The fourth-order valence-electron chi connectivity index (χ4n) is 2.14. The molecular formula is C13H24N2O4. The third-order valence-electron chi connectivity index (χ3n) is 3.48. The molecule has 110 valence electrons. The molecule has 1 fully saturated rings. The number of amides is 2. The Morgan fingerprint density at radius 2 is 2.16 bits per heavy atom. The highest BCUT2D eigenvalue weighted by Gasteiger charge is 2.25. The Labute approximate surface area is 113 Å². The van der Waals surface area contributed by atoms with Gasteiger partial charge in [0, 0.05) is 18.6 Å². The first-order chi connectivity index (χ1) is 9.04. The van der Waals surface area contributed by atoms with Crippen LogP contribution in [0.2, 0.25) is 0 Å². The number of ether oxygens (including phenoxy) is 1. The molecule has 3 N–H and O–H groups in total. The van der Waals surface area contributed by atoms with Gasteiger partial charge >= 0.3 is 12.0 Å². The molecule has 0 spiro atoms. The topological polar surface area (TPSA) is 87.7 Å². The van der Waals surface area contributed by atoms with Gasteiger partial charge in [0.05, 0.1) is 6.61 Å². The Hall–Kier alpha value is -1.30. The molecule has 0 aliphatic carbocycles. The molecule has 6 heteroatoms. The van der Waals surface area contributed by atoms with E-state index in [-0.39, 0.29) is 6.04 Å². The lowest BCUT2D eigenvalue weighted by Crippen LogP contribution is -2.50. The third kappa shape index (κ3) is 5.46. The maximum Gasteiger partial charge on any atom is 0.326 e. The standard InChI is InChI=1S/C13H24N2O4/c1-3-4-5-11(12(16)17)15-13(18)14-9(2)10-6-7-19-8-10/h9-11H,3-8H2,1-2H3,(H,16,17)(H2,14,15,18). The van der Waals surface area contributed by atoms with Crippen LogP contribution in [0, 0.1) is 5.92 Å². The molecule has 1 aliphatic rings. The number of urea groups is 1. The van der Waals surface area contributed by atoms with Crippen LogP contribution in [0.1, 0.15) is 39.5 Å². The molecular weight excluding hydrogens is 248 g/mol. The van der Waals surface area contributed by atoms with Crippen molar-refractivity contribution in [3.05, 3.63) is 0 Å². The van der Waals surface area contributed by atoms with Gasteiger partial charge < -0.3 is 20.5 Å². The normalized spacial score (nSPS) is 21.7. The van der Waals surface area contributed by atoms with Gasteiger partial charge in [0.15, 0.2) is 0 Å². The maximum atomic E-state index is 11.8. The highest BCUT2D eigenvalue weighted by atomic mass is 16.5. The van der Waals surface area contributed by atoms with Crippen LogP contribution in [-0.4, -0.2) is 42.4 Å². The number of carbonyl (C=O) groups is 2. The van der Waals surface area contributed by atoms with E-state index in [1.807, 2.05) is 13.8 Å². The van der Waals surface area contributed by atoms with E-state index in [0.29, 0.717) is 18.9 Å². The van der Waals surface area contributed by atoms with E-state index < -0.39 is 18.0 Å². The molecule has 3 unspecified atom stereocenters. The number of carboxylic acid groups (broad SMARTS) is 1. The molecule has 0 aromatic carbocycles. The summed E-state index contributed by atoms with van der Waals surface area (Å²) < 4.78 is 5.27. The first kappa shape index (κ1) is 15.8. The fraction of sp³-hybridized carbons (Fsp3) is 0.846. The molecule has 1 heterocycles. The zero-order chi connectivity index (χ0) is 14.3. The Bertz CT molecular complexity index is 303. The van der Waals surface area contributed by atoms with Crippen LogP contribution in [0.4, 0.5) is 4.79 Å². The zero-order valence-corrected chi connectivity index (χ0v) is 11.6. The zero-order valence-electron chi connectivity index (χ0n) is 11.6. The summed E-state index contributed by atoms with van der Waals surface area (Å²) in [4.78, 5) is 22.8. The Morgan fingerprint density at radius 3 is 2.68 bits per heavy atom. The molecule has 19 heavy (non-hydrogen) atoms. The predicted octanol–water partition coefficient (Wildman–Crippen LogP) is 1.35. The van der Waals surface area contributed by atoms with Gasteiger partial charge in [-0.2, -0.15) is 0 Å². The van der Waals surface area contributed by atoms with Crippen molar-refractivity contribution >= 4 is 12.0 Å². The van der Waals surface area contributed by atoms with Gasteiger partial charge in [-0.25, -0.2) is 9.59 Å². The van der Waals surface area contributed by atoms with Crippen molar-refractivity contribution in [3.63, 3.8) is 0 Å². The summed E-state index contributed by atoms with van der Waals surface area (Å²) in [7, 11) is 0. The van der Waals surface area contributed by atoms with E-state index in [1.165, 1.54) is 0 Å². The third-order valence-corrected chi connectivity index (χ3v) is 3.48. The second-order valence-electron chi connectivity index (χ2n) is 5.06. The van der Waals surface area contributed by atoms with Gasteiger partial charge in [0.1, 0.15) is 6.04 Å². The van der Waals surface area contributed by atoms with Crippen LogP contribution in [-0.2, 0) is 9.53 Å². The Kier molecular flexibility index (Phi) is 6.62. The molecule has 0 saturated carbocycles. The van der Waals surface area contributed by atoms with E-state index in [4.69, 9.17) is 9.84 Å². The van der Waals surface area contributed by atoms with Gasteiger partial charge in [-0.05, 0) is 19.8 Å². The Balaban J connectivity index is 2.36. The van der Waals surface area contributed by atoms with Crippen LogP contribution in [0.5, 0.6) is 0 Å². The number of nitrogens with one attached hydrogen (secondary N) is 2. The fourth-order valence-corrected chi connectivity index (χ4v) is 2.14. The lowest BCUT2D eigenvalue weighted by atomic mass is 10.0. The molecule has 6 nitrogen and oxygen atoms in total. The highest BCUT2D eigenvalue weighted by molar-refractivity contribution is 5.82. The van der Waals surface area contributed by atoms with Crippen LogP contribution < -0.4 is 10.6 Å². The van der Waals surface area contributed by atoms with E-state index >= 15 is 0 Å². The second kappa shape index (κ2) is 7.99. The molecule has 0 bridgehead atoms. The molecule has 0 radical (unpaired) electrons. The van der Waals surface area contributed by atoms with Crippen molar-refractivity contribution in [2.24, 2.45) is 5.92 Å². The van der Waals surface area contributed by atoms with E-state index in [0.717, 1.165) is 25.9 Å². The highest BCUT2D eigenvalue weighted by Crippen LogP contribution is 2.16. The molecule has 1 saturated heterocycles. The summed E-state index contributed by atoms with van der Waals surface area (Å²) in [5, 5.41) is 14.3. The summed E-state index contributed by atoms with van der Waals surface area (Å²) in [6, 6.07) is -1.24. The lowest BCUT2D eigenvalue weighted by Gasteiger charge is -2.21. The van der Waals surface area contributed by atoms with Gasteiger partial charge in [0.25, 0.3) is 0 Å². The minimum atomic E-state index is -0.986. The van der Waals surface area contributed by atoms with E-state index in [1.54, 1.807) is 0 Å². The Morgan fingerprint density at radius 1 is 1.42 bits per heavy atom. The minimum absolute atomic E-state index is 0.0110. The summed E-state index contributed by atoms with van der Waals surface area (Å²) in [6.45, 7) is 5.29. The van der Waals surface area contributed by atoms with Crippen LogP contribution >= 0.6 is 0 Å². The largest absolute Gasteiger partial charge is 0.480 e. The van der Waals surface area contributed by atoms with E-state index in [2.05, 4.69) is 10.6 Å². The van der Waals surface area contributed by atoms with Crippen molar-refractivity contribution in [2.75, 3.05) is 13.2 Å². The quantitative estimate of drug-likeness (QED) is 0.653. The van der Waals surface area contributed by atoms with Crippen LogP contribution in [0.3, 0.4) is 0 Å². The second-order valence-corrected chi connectivity index (χ2v) is 5.06. The smallest absolute Gasteiger partial charge is 0.326 e. The molecule has 2 amide bonds. The monoisotopic (exact) mass is 272 g/mol. The van der Waals surface area contributed by atoms with Gasteiger partial charge in [-0.15, -0.1) is 0 Å². The van der Waals surface area contributed by atoms with Crippen molar-refractivity contribution in [3.8, 4) is 0 Å². The first-order valence-electron chi connectivity index (χ1n) is 6.92. The maximum absolute atomic E-state index is 11.8. The molecule has 0 aromatic heterocycles. The van der Waals surface area contributed by atoms with Gasteiger partial charge in [0.2, 0.25) is 0 Å². The number of carboxylic acids is 1. The summed E-state index contributed by atoms with van der Waals surface area (Å²) in [6.07, 6.45) is 3.08. The lowest BCUT2D eigenvalue weighted by molar-refractivity contribution is -0.139. The number of hydrogen-bond donors (Lipinski definition) is 3. The van der Waals surface area contributed by atoms with Crippen molar-refractivity contribution in [1.82, 2.24) is 10.6 Å². The van der Waals surface area contributed by atoms with Crippen molar-refractivity contribution in [1.29, 1.82) is 0 Å².